The van der Waals surface area contributed by atoms with Crippen LogP contribution in [-0.2, 0) is 11.3 Å². The first-order chi connectivity index (χ1) is 13.3. The van der Waals surface area contributed by atoms with E-state index in [1.807, 2.05) is 25.1 Å². The van der Waals surface area contributed by atoms with E-state index in [0.717, 1.165) is 5.56 Å². The lowest BCUT2D eigenvalue weighted by Gasteiger charge is -2.21. The zero-order chi connectivity index (χ0) is 20.7. The Bertz CT molecular complexity index is 772. The molecule has 0 bridgehead atoms. The molecule has 2 aromatic carbocycles. The van der Waals surface area contributed by atoms with Gasteiger partial charge in [-0.15, -0.1) is 0 Å². The van der Waals surface area contributed by atoms with E-state index < -0.39 is 6.10 Å². The van der Waals surface area contributed by atoms with Crippen molar-refractivity contribution in [3.8, 4) is 11.5 Å². The number of hydrogen-bond donors (Lipinski definition) is 1. The monoisotopic (exact) mass is 384 g/mol. The fraction of sp³-hybridized carbons (Fsp3) is 0.435. The molecule has 5 heteroatoms. The van der Waals surface area contributed by atoms with Crippen LogP contribution in [0, 0.1) is 6.92 Å². The van der Waals surface area contributed by atoms with Gasteiger partial charge in [-0.2, -0.15) is 0 Å². The van der Waals surface area contributed by atoms with Crippen LogP contribution in [0.15, 0.2) is 42.5 Å². The van der Waals surface area contributed by atoms with Crippen LogP contribution in [0.1, 0.15) is 43.5 Å². The molecule has 0 aliphatic heterocycles. The number of benzene rings is 2. The second-order valence-electron chi connectivity index (χ2n) is 7.22. The molecule has 2 rings (SSSR count). The third-order valence-corrected chi connectivity index (χ3v) is 4.59. The van der Waals surface area contributed by atoms with Gasteiger partial charge in [0.2, 0.25) is 0 Å². The van der Waals surface area contributed by atoms with Crippen LogP contribution in [0.2, 0.25) is 0 Å². The minimum absolute atomic E-state index is 0.0832. The maximum absolute atomic E-state index is 12.1. The molecule has 1 N–H and O–H groups in total. The first-order valence-corrected chi connectivity index (χ1v) is 9.75. The highest BCUT2D eigenvalue weighted by atomic mass is 16.5. The number of nitrogens with one attached hydrogen (secondary N) is 1. The molecular weight excluding hydrogens is 352 g/mol. The number of nitrogens with zero attached hydrogens (tertiary/aromatic N) is 1. The highest BCUT2D eigenvalue weighted by Gasteiger charge is 2.19. The Morgan fingerprint density at radius 2 is 1.75 bits per heavy atom. The van der Waals surface area contributed by atoms with E-state index in [0.29, 0.717) is 24.7 Å². The predicted molar refractivity (Wildman–Crippen MR) is 113 cm³/mol. The number of carbonyl (C=O) groups is 1. The summed E-state index contributed by atoms with van der Waals surface area (Å²) in [6.07, 6.45) is -0.570. The van der Waals surface area contributed by atoms with Crippen molar-refractivity contribution in [2.45, 2.75) is 46.4 Å². The topological polar surface area (TPSA) is 50.8 Å². The maximum atomic E-state index is 12.1. The molecule has 1 amide bonds. The van der Waals surface area contributed by atoms with Crippen LogP contribution in [0.3, 0.4) is 0 Å². The van der Waals surface area contributed by atoms with E-state index in [1.54, 1.807) is 21.0 Å². The number of ether oxygens (including phenoxy) is 2. The van der Waals surface area contributed by atoms with Gasteiger partial charge in [0.25, 0.3) is 5.91 Å². The van der Waals surface area contributed by atoms with E-state index in [9.17, 15) is 4.79 Å². The summed E-state index contributed by atoms with van der Waals surface area (Å²) < 4.78 is 11.6. The van der Waals surface area contributed by atoms with Crippen molar-refractivity contribution in [1.29, 1.82) is 0 Å². The van der Waals surface area contributed by atoms with E-state index in [-0.39, 0.29) is 11.9 Å². The normalized spacial score (nSPS) is 12.9. The molecule has 0 spiro atoms. The van der Waals surface area contributed by atoms with Crippen molar-refractivity contribution in [3.05, 3.63) is 59.2 Å². The Hall–Kier alpha value is -2.53. The van der Waals surface area contributed by atoms with Gasteiger partial charge < -0.3 is 19.7 Å². The van der Waals surface area contributed by atoms with Gasteiger partial charge in [0.05, 0.1) is 6.61 Å². The summed E-state index contributed by atoms with van der Waals surface area (Å²) in [4.78, 5) is 13.6. The summed E-state index contributed by atoms with van der Waals surface area (Å²) in [7, 11) is 3.44. The summed E-state index contributed by atoms with van der Waals surface area (Å²) in [6, 6.07) is 14.6. The van der Waals surface area contributed by atoms with Crippen molar-refractivity contribution < 1.29 is 14.3 Å². The summed E-state index contributed by atoms with van der Waals surface area (Å²) in [5.41, 5.74) is 3.61. The largest absolute Gasteiger partial charge is 0.490 e. The average molecular weight is 385 g/mol. The van der Waals surface area contributed by atoms with Crippen LogP contribution >= 0.6 is 0 Å². The van der Waals surface area contributed by atoms with Crippen LogP contribution in [0.25, 0.3) is 0 Å². The van der Waals surface area contributed by atoms with E-state index >= 15 is 0 Å². The van der Waals surface area contributed by atoms with Crippen LogP contribution in [0.4, 0.5) is 0 Å². The molecule has 152 valence electrons. The molecule has 0 radical (unpaired) electrons. The number of amides is 1. The molecule has 0 fully saturated rings. The molecule has 0 saturated carbocycles. The van der Waals surface area contributed by atoms with Crippen LogP contribution in [-0.4, -0.2) is 37.6 Å². The van der Waals surface area contributed by atoms with E-state index in [4.69, 9.17) is 9.47 Å². The Labute approximate surface area is 168 Å². The fourth-order valence-corrected chi connectivity index (χ4v) is 2.88. The Morgan fingerprint density at radius 3 is 2.36 bits per heavy atom. The number of aryl methyl sites for hydroxylation is 1. The second-order valence-corrected chi connectivity index (χ2v) is 7.22. The SMILES string of the molecule is CCOc1cc(CNC(C)c2ccc(C)cc2)ccc1OC(C)C(=O)N(C)C. The molecule has 28 heavy (non-hydrogen) atoms. The average Bonchev–Trinajstić information content (AvgIpc) is 2.67. The molecule has 5 nitrogen and oxygen atoms in total. The number of likely N-dealkylation sites (N-methyl/N-ethyl adjacent to an activating group) is 1. The minimum atomic E-state index is -0.570. The predicted octanol–water partition coefficient (Wildman–Crippen LogP) is 4.10. The Kier molecular flexibility index (Phi) is 7.88. The highest BCUT2D eigenvalue weighted by Crippen LogP contribution is 2.30. The Balaban J connectivity index is 2.06. The lowest BCUT2D eigenvalue weighted by atomic mass is 10.1. The molecule has 0 heterocycles. The van der Waals surface area contributed by atoms with Gasteiger partial charge in [0.15, 0.2) is 17.6 Å². The number of hydrogen-bond acceptors (Lipinski definition) is 4. The van der Waals surface area contributed by atoms with Gasteiger partial charge in [-0.05, 0) is 51.0 Å². The molecule has 0 aliphatic carbocycles. The van der Waals surface area contributed by atoms with Crippen molar-refractivity contribution in [3.63, 3.8) is 0 Å². The third-order valence-electron chi connectivity index (χ3n) is 4.59. The van der Waals surface area contributed by atoms with Crippen molar-refractivity contribution in [2.24, 2.45) is 0 Å². The zero-order valence-electron chi connectivity index (χ0n) is 17.8. The number of rotatable bonds is 9. The Morgan fingerprint density at radius 1 is 1.07 bits per heavy atom. The summed E-state index contributed by atoms with van der Waals surface area (Å²) in [6.45, 7) is 9.16. The van der Waals surface area contributed by atoms with Crippen molar-refractivity contribution >= 4 is 5.91 Å². The smallest absolute Gasteiger partial charge is 0.262 e. The zero-order valence-corrected chi connectivity index (χ0v) is 17.8. The van der Waals surface area contributed by atoms with Gasteiger partial charge >= 0.3 is 0 Å². The van der Waals surface area contributed by atoms with Gasteiger partial charge in [0.1, 0.15) is 0 Å². The highest BCUT2D eigenvalue weighted by molar-refractivity contribution is 5.80. The lowest BCUT2D eigenvalue weighted by molar-refractivity contribution is -0.135. The number of carbonyl (C=O) groups excluding carboxylic acids is 1. The van der Waals surface area contributed by atoms with Gasteiger partial charge in [-0.25, -0.2) is 0 Å². The van der Waals surface area contributed by atoms with Crippen LogP contribution < -0.4 is 14.8 Å². The molecule has 2 aromatic rings. The molecule has 0 aliphatic rings. The first-order valence-electron chi connectivity index (χ1n) is 9.75. The van der Waals surface area contributed by atoms with Gasteiger partial charge in [-0.1, -0.05) is 35.9 Å². The third kappa shape index (κ3) is 5.99. The summed E-state index contributed by atoms with van der Waals surface area (Å²) in [5.74, 6) is 1.16. The van der Waals surface area contributed by atoms with Gasteiger partial charge in [0, 0.05) is 26.7 Å². The molecular formula is C23H32N2O3. The fourth-order valence-electron chi connectivity index (χ4n) is 2.88. The van der Waals surface area contributed by atoms with Crippen molar-refractivity contribution in [2.75, 3.05) is 20.7 Å². The molecule has 0 aromatic heterocycles. The molecule has 2 atom stereocenters. The second kappa shape index (κ2) is 10.1. The van der Waals surface area contributed by atoms with Crippen molar-refractivity contribution in [1.82, 2.24) is 10.2 Å². The lowest BCUT2D eigenvalue weighted by Crippen LogP contribution is -2.35. The first kappa shape index (κ1) is 21.8. The summed E-state index contributed by atoms with van der Waals surface area (Å²) in [5, 5.41) is 3.54. The van der Waals surface area contributed by atoms with E-state index in [2.05, 4.69) is 43.4 Å². The van der Waals surface area contributed by atoms with Crippen LogP contribution in [0.5, 0.6) is 11.5 Å². The summed E-state index contributed by atoms with van der Waals surface area (Å²) >= 11 is 0. The standard InChI is InChI=1S/C23H32N2O3/c1-7-27-22-14-19(10-13-21(22)28-18(4)23(26)25(5)6)15-24-17(3)20-11-8-16(2)9-12-20/h8-14,17-18,24H,7,15H2,1-6H3. The minimum Gasteiger partial charge on any atom is -0.490 e. The van der Waals surface area contributed by atoms with E-state index in [1.165, 1.54) is 16.0 Å². The maximum Gasteiger partial charge on any atom is 0.262 e. The molecule has 2 unspecified atom stereocenters. The molecule has 0 saturated heterocycles. The quantitative estimate of drug-likeness (QED) is 0.707. The van der Waals surface area contributed by atoms with Gasteiger partial charge in [-0.3, -0.25) is 4.79 Å².